The highest BCUT2D eigenvalue weighted by Gasteiger charge is 2.08. The molecule has 0 aliphatic rings. The van der Waals surface area contributed by atoms with Gasteiger partial charge in [-0.2, -0.15) is 9.78 Å². The third kappa shape index (κ3) is 5.98. The first kappa shape index (κ1) is 21.6. The minimum absolute atomic E-state index is 0.483. The van der Waals surface area contributed by atoms with Gasteiger partial charge in [0.05, 0.1) is 12.8 Å². The maximum absolute atomic E-state index is 5.98. The van der Waals surface area contributed by atoms with Gasteiger partial charge in [0.15, 0.2) is 11.5 Å². The lowest BCUT2D eigenvalue weighted by Crippen LogP contribution is -2.00. The average Bonchev–Trinajstić information content (AvgIpc) is 3.30. The summed E-state index contributed by atoms with van der Waals surface area (Å²) in [7, 11) is 0. The third-order valence-corrected chi connectivity index (χ3v) is 5.55. The first-order chi connectivity index (χ1) is 15.8. The summed E-state index contributed by atoms with van der Waals surface area (Å²) in [6, 6.07) is 26.1. The Labute approximate surface area is 191 Å². The van der Waals surface area contributed by atoms with E-state index in [-0.39, 0.29) is 0 Å². The van der Waals surface area contributed by atoms with Crippen molar-refractivity contribution >= 4 is 18.0 Å². The van der Waals surface area contributed by atoms with Gasteiger partial charge in [-0.15, -0.1) is 10.2 Å². The first-order valence-corrected chi connectivity index (χ1v) is 11.3. The van der Waals surface area contributed by atoms with Crippen LogP contribution in [0, 0.1) is 0 Å². The van der Waals surface area contributed by atoms with Crippen LogP contribution in [0.25, 0.3) is 0 Å². The molecular weight excluding hydrogens is 420 g/mol. The quantitative estimate of drug-likeness (QED) is 0.241. The molecule has 1 aromatic heterocycles. The van der Waals surface area contributed by atoms with Crippen molar-refractivity contribution in [2.45, 2.75) is 24.4 Å². The van der Waals surface area contributed by atoms with Crippen molar-refractivity contribution in [2.75, 3.05) is 6.61 Å². The molecule has 4 aromatic rings. The van der Waals surface area contributed by atoms with Crippen molar-refractivity contribution in [3.8, 4) is 11.5 Å². The van der Waals surface area contributed by atoms with Crippen LogP contribution in [0.2, 0.25) is 0 Å². The average molecular weight is 445 g/mol. The van der Waals surface area contributed by atoms with Gasteiger partial charge < -0.3 is 9.47 Å². The Morgan fingerprint density at radius 3 is 2.41 bits per heavy atom. The highest BCUT2D eigenvalue weighted by Crippen LogP contribution is 2.29. The molecule has 0 N–H and O–H groups in total. The molecule has 6 nitrogen and oxygen atoms in total. The third-order valence-electron chi connectivity index (χ3n) is 4.55. The Kier molecular flexibility index (Phi) is 7.55. The summed E-state index contributed by atoms with van der Waals surface area (Å²) in [5.41, 5.74) is 3.23. The minimum atomic E-state index is 0.483. The van der Waals surface area contributed by atoms with Gasteiger partial charge in [0.2, 0.25) is 5.16 Å². The molecule has 0 unspecified atom stereocenters. The monoisotopic (exact) mass is 444 g/mol. The summed E-state index contributed by atoms with van der Waals surface area (Å²) in [6.45, 7) is 2.99. The van der Waals surface area contributed by atoms with E-state index in [2.05, 4.69) is 27.4 Å². The smallest absolute Gasteiger partial charge is 0.212 e. The molecular formula is C25H24N4O2S. The summed E-state index contributed by atoms with van der Waals surface area (Å²) >= 11 is 1.59. The van der Waals surface area contributed by atoms with Crippen LogP contribution in [-0.2, 0) is 12.4 Å². The SMILES string of the molecule is CCOc1cc(C=Nn2cnnc2SCc2ccccc2)ccc1OCc1ccccc1. The number of hydrogen-bond donors (Lipinski definition) is 0. The summed E-state index contributed by atoms with van der Waals surface area (Å²) in [5.74, 6) is 2.20. The molecule has 1 heterocycles. The zero-order chi connectivity index (χ0) is 22.0. The molecule has 0 saturated carbocycles. The zero-order valence-electron chi connectivity index (χ0n) is 17.8. The summed E-state index contributed by atoms with van der Waals surface area (Å²) < 4.78 is 13.4. The molecule has 32 heavy (non-hydrogen) atoms. The van der Waals surface area contributed by atoms with Crippen LogP contribution in [0.4, 0.5) is 0 Å². The first-order valence-electron chi connectivity index (χ1n) is 10.4. The van der Waals surface area contributed by atoms with Gasteiger partial charge in [0.1, 0.15) is 12.9 Å². The van der Waals surface area contributed by atoms with Crippen LogP contribution in [0.3, 0.4) is 0 Å². The summed E-state index contributed by atoms with van der Waals surface area (Å²) in [4.78, 5) is 0. The predicted molar refractivity (Wildman–Crippen MR) is 127 cm³/mol. The van der Waals surface area contributed by atoms with Crippen LogP contribution in [0.15, 0.2) is 95.4 Å². The van der Waals surface area contributed by atoms with Crippen molar-refractivity contribution < 1.29 is 9.47 Å². The van der Waals surface area contributed by atoms with E-state index in [1.54, 1.807) is 29.0 Å². The molecule has 162 valence electrons. The zero-order valence-corrected chi connectivity index (χ0v) is 18.6. The van der Waals surface area contributed by atoms with Gasteiger partial charge in [-0.3, -0.25) is 0 Å². The minimum Gasteiger partial charge on any atom is -0.490 e. The van der Waals surface area contributed by atoms with E-state index in [9.17, 15) is 0 Å². The van der Waals surface area contributed by atoms with Crippen LogP contribution >= 0.6 is 11.8 Å². The number of aromatic nitrogens is 3. The van der Waals surface area contributed by atoms with Gasteiger partial charge in [0, 0.05) is 5.75 Å². The van der Waals surface area contributed by atoms with Crippen molar-refractivity contribution in [1.82, 2.24) is 14.9 Å². The van der Waals surface area contributed by atoms with Gasteiger partial charge in [0.25, 0.3) is 0 Å². The number of ether oxygens (including phenoxy) is 2. The Morgan fingerprint density at radius 2 is 1.66 bits per heavy atom. The fourth-order valence-electron chi connectivity index (χ4n) is 2.97. The van der Waals surface area contributed by atoms with Crippen molar-refractivity contribution in [3.63, 3.8) is 0 Å². The van der Waals surface area contributed by atoms with Crippen LogP contribution in [0.1, 0.15) is 23.6 Å². The lowest BCUT2D eigenvalue weighted by Gasteiger charge is -2.12. The standard InChI is InChI=1S/C25H24N4O2S/c1-2-30-24-15-22(13-14-23(24)31-17-20-9-5-3-6-10-20)16-27-29-19-26-28-25(29)32-18-21-11-7-4-8-12-21/h3-16,19H,2,17-18H2,1H3. The van der Waals surface area contributed by atoms with E-state index in [1.165, 1.54) is 5.56 Å². The number of benzene rings is 3. The number of nitrogens with zero attached hydrogens (tertiary/aromatic N) is 4. The van der Waals surface area contributed by atoms with Gasteiger partial charge >= 0.3 is 0 Å². The Balaban J connectivity index is 1.43. The van der Waals surface area contributed by atoms with E-state index < -0.39 is 0 Å². The molecule has 0 radical (unpaired) electrons. The maximum Gasteiger partial charge on any atom is 0.212 e. The largest absolute Gasteiger partial charge is 0.490 e. The van der Waals surface area contributed by atoms with Gasteiger partial charge in [-0.1, -0.05) is 72.4 Å². The van der Waals surface area contributed by atoms with Crippen LogP contribution in [-0.4, -0.2) is 27.7 Å². The van der Waals surface area contributed by atoms with Crippen LogP contribution < -0.4 is 9.47 Å². The fourth-order valence-corrected chi connectivity index (χ4v) is 3.79. The molecule has 4 rings (SSSR count). The van der Waals surface area contributed by atoms with Crippen LogP contribution in [0.5, 0.6) is 11.5 Å². The van der Waals surface area contributed by atoms with E-state index in [4.69, 9.17) is 9.47 Å². The van der Waals surface area contributed by atoms with Crippen molar-refractivity contribution in [2.24, 2.45) is 5.10 Å². The van der Waals surface area contributed by atoms with E-state index in [1.807, 2.05) is 73.7 Å². The second kappa shape index (κ2) is 11.2. The molecule has 0 atom stereocenters. The fraction of sp³-hybridized carbons (Fsp3) is 0.160. The normalized spacial score (nSPS) is 11.0. The van der Waals surface area contributed by atoms with E-state index >= 15 is 0 Å². The lowest BCUT2D eigenvalue weighted by molar-refractivity contribution is 0.269. The van der Waals surface area contributed by atoms with Gasteiger partial charge in [-0.05, 0) is 41.8 Å². The van der Waals surface area contributed by atoms with Crippen molar-refractivity contribution in [1.29, 1.82) is 0 Å². The molecule has 0 spiro atoms. The Hall–Kier alpha value is -3.58. The molecule has 0 aliphatic carbocycles. The Morgan fingerprint density at radius 1 is 0.906 bits per heavy atom. The highest BCUT2D eigenvalue weighted by atomic mass is 32.2. The molecule has 0 bridgehead atoms. The van der Waals surface area contributed by atoms with E-state index in [0.717, 1.165) is 22.0 Å². The summed E-state index contributed by atoms with van der Waals surface area (Å²) in [5, 5.41) is 13.4. The molecule has 0 aliphatic heterocycles. The molecule has 0 saturated heterocycles. The molecule has 0 fully saturated rings. The van der Waals surface area contributed by atoms with Gasteiger partial charge in [-0.25, -0.2) is 0 Å². The molecule has 0 amide bonds. The predicted octanol–water partition coefficient (Wildman–Crippen LogP) is 5.43. The lowest BCUT2D eigenvalue weighted by atomic mass is 10.2. The second-order valence-electron chi connectivity index (χ2n) is 6.89. The topological polar surface area (TPSA) is 61.5 Å². The second-order valence-corrected chi connectivity index (χ2v) is 7.83. The highest BCUT2D eigenvalue weighted by molar-refractivity contribution is 7.98. The van der Waals surface area contributed by atoms with Crippen molar-refractivity contribution in [3.05, 3.63) is 102 Å². The Bertz CT molecular complexity index is 1150. The maximum atomic E-state index is 5.98. The molecule has 7 heteroatoms. The number of rotatable bonds is 10. The number of hydrogen-bond acceptors (Lipinski definition) is 6. The van der Waals surface area contributed by atoms with E-state index in [0.29, 0.717) is 24.7 Å². The molecule has 3 aromatic carbocycles. The summed E-state index contributed by atoms with van der Waals surface area (Å²) in [6.07, 6.45) is 3.37. The number of thioether (sulfide) groups is 1.